The lowest BCUT2D eigenvalue weighted by Gasteiger charge is -2.57. The number of hydrogen-bond donors (Lipinski definition) is 2. The highest BCUT2D eigenvalue weighted by Gasteiger charge is 2.63. The van der Waals surface area contributed by atoms with Crippen molar-refractivity contribution in [3.63, 3.8) is 0 Å². The lowest BCUT2D eigenvalue weighted by atomic mass is 9.58. The Bertz CT molecular complexity index is 398. The Hall–Kier alpha value is -0.200. The fourth-order valence-corrected chi connectivity index (χ4v) is 4.80. The van der Waals surface area contributed by atoms with Crippen LogP contribution in [0.25, 0.3) is 0 Å². The fourth-order valence-electron chi connectivity index (χ4n) is 4.80. The molecule has 2 aliphatic heterocycles. The van der Waals surface area contributed by atoms with Gasteiger partial charge in [0.15, 0.2) is 18.4 Å². The Morgan fingerprint density at radius 3 is 2.48 bits per heavy atom. The monoisotopic (exact) mass is 300 g/mol. The minimum absolute atomic E-state index is 0.0799. The maximum Gasteiger partial charge on any atom is 0.193 e. The van der Waals surface area contributed by atoms with E-state index >= 15 is 0 Å². The van der Waals surface area contributed by atoms with Crippen LogP contribution in [0, 0.1) is 23.7 Å². The maximum absolute atomic E-state index is 11.5. The first kappa shape index (κ1) is 15.7. The van der Waals surface area contributed by atoms with Crippen molar-refractivity contribution in [1.82, 2.24) is 0 Å². The van der Waals surface area contributed by atoms with Gasteiger partial charge in [0.25, 0.3) is 0 Å². The van der Waals surface area contributed by atoms with Gasteiger partial charge < -0.3 is 24.4 Å². The molecule has 0 radical (unpaired) electrons. The van der Waals surface area contributed by atoms with Gasteiger partial charge in [-0.25, -0.2) is 0 Å². The van der Waals surface area contributed by atoms with Gasteiger partial charge >= 0.3 is 0 Å². The van der Waals surface area contributed by atoms with E-state index in [1.165, 1.54) is 0 Å². The van der Waals surface area contributed by atoms with Crippen LogP contribution in [0.2, 0.25) is 0 Å². The predicted octanol–water partition coefficient (Wildman–Crippen LogP) is 1.86. The zero-order valence-corrected chi connectivity index (χ0v) is 13.4. The molecule has 1 saturated carbocycles. The number of hydrogen-bond acceptors (Lipinski definition) is 5. The van der Waals surface area contributed by atoms with Crippen molar-refractivity contribution in [3.8, 4) is 0 Å². The van der Waals surface area contributed by atoms with Gasteiger partial charge in [0.1, 0.15) is 5.60 Å². The van der Waals surface area contributed by atoms with E-state index in [1.807, 2.05) is 0 Å². The summed E-state index contributed by atoms with van der Waals surface area (Å²) in [6.07, 6.45) is 2.08. The van der Waals surface area contributed by atoms with Crippen LogP contribution >= 0.6 is 0 Å². The molecule has 1 aliphatic carbocycles. The van der Waals surface area contributed by atoms with Gasteiger partial charge in [-0.1, -0.05) is 13.8 Å². The molecule has 8 atom stereocenters. The maximum atomic E-state index is 11.5. The summed E-state index contributed by atoms with van der Waals surface area (Å²) in [5.74, 6) is -0.577. The third-order valence-electron chi connectivity index (χ3n) is 6.02. The summed E-state index contributed by atoms with van der Waals surface area (Å²) in [5.41, 5.74) is -1.04. The van der Waals surface area contributed by atoms with Crippen LogP contribution in [0.5, 0.6) is 0 Å². The molecule has 2 N–H and O–H groups in total. The number of aliphatic hydroxyl groups is 2. The molecule has 0 aromatic carbocycles. The molecular weight excluding hydrogens is 272 g/mol. The summed E-state index contributed by atoms with van der Waals surface area (Å²) in [6.45, 7) is 5.91. The first-order valence-corrected chi connectivity index (χ1v) is 8.10. The molecule has 3 rings (SSSR count). The number of methoxy groups -OCH3 is 1. The minimum Gasteiger partial charge on any atom is -0.384 e. The van der Waals surface area contributed by atoms with Crippen LogP contribution in [0.4, 0.5) is 0 Å². The largest absolute Gasteiger partial charge is 0.384 e. The van der Waals surface area contributed by atoms with E-state index in [-0.39, 0.29) is 17.8 Å². The van der Waals surface area contributed by atoms with Gasteiger partial charge in [-0.2, -0.15) is 0 Å². The third-order valence-corrected chi connectivity index (χ3v) is 6.02. The van der Waals surface area contributed by atoms with E-state index in [9.17, 15) is 10.2 Å². The van der Waals surface area contributed by atoms with Crippen LogP contribution in [0.3, 0.4) is 0 Å². The van der Waals surface area contributed by atoms with Crippen LogP contribution in [-0.4, -0.2) is 41.3 Å². The van der Waals surface area contributed by atoms with Crippen molar-refractivity contribution in [2.45, 2.75) is 70.4 Å². The molecule has 122 valence electrons. The molecule has 3 aliphatic rings. The average Bonchev–Trinajstić information content (AvgIpc) is 2.50. The highest BCUT2D eigenvalue weighted by atomic mass is 16.8. The molecule has 2 heterocycles. The summed E-state index contributed by atoms with van der Waals surface area (Å²) in [7, 11) is 1.61. The standard InChI is InChI=1S/C16H28O5/c1-9-5-6-12-10(2)13(19-4)20-14-16(12,18)11(9)7-8-15(3,17)21-14/h9-14,17-18H,5-8H2,1-4H3/t9-,10-,11+,12+,13?,14?,15?,16?/m1/s1. The van der Waals surface area contributed by atoms with Crippen molar-refractivity contribution in [3.05, 3.63) is 0 Å². The SMILES string of the molecule is COC1OC2OC(C)(O)CC[C@H]3[C@H](C)CC[C@@H]([C@H]1C)C23O. The summed E-state index contributed by atoms with van der Waals surface area (Å²) in [6, 6.07) is 0. The van der Waals surface area contributed by atoms with Gasteiger partial charge in [-0.3, -0.25) is 0 Å². The van der Waals surface area contributed by atoms with Gasteiger partial charge in [0.2, 0.25) is 0 Å². The van der Waals surface area contributed by atoms with Crippen molar-refractivity contribution in [2.75, 3.05) is 7.11 Å². The Morgan fingerprint density at radius 1 is 1.10 bits per heavy atom. The van der Waals surface area contributed by atoms with E-state index in [0.29, 0.717) is 12.3 Å². The molecule has 5 nitrogen and oxygen atoms in total. The second-order valence-corrected chi connectivity index (χ2v) is 7.42. The van der Waals surface area contributed by atoms with E-state index < -0.39 is 24.0 Å². The van der Waals surface area contributed by atoms with E-state index in [2.05, 4.69) is 13.8 Å². The summed E-state index contributed by atoms with van der Waals surface area (Å²) in [5, 5.41) is 21.9. The highest BCUT2D eigenvalue weighted by Crippen LogP contribution is 2.55. The van der Waals surface area contributed by atoms with Crippen molar-refractivity contribution >= 4 is 0 Å². The van der Waals surface area contributed by atoms with Gasteiger partial charge in [-0.15, -0.1) is 0 Å². The third kappa shape index (κ3) is 2.34. The molecule has 0 aromatic heterocycles. The molecule has 5 heteroatoms. The molecule has 21 heavy (non-hydrogen) atoms. The normalized spacial score (nSPS) is 57.4. The summed E-state index contributed by atoms with van der Waals surface area (Å²) < 4.78 is 17.1. The topological polar surface area (TPSA) is 68.2 Å². The predicted molar refractivity (Wildman–Crippen MR) is 76.1 cm³/mol. The number of rotatable bonds is 1. The second kappa shape index (κ2) is 5.17. The molecular formula is C16H28O5. The zero-order valence-electron chi connectivity index (χ0n) is 13.4. The Kier molecular flexibility index (Phi) is 3.86. The summed E-state index contributed by atoms with van der Waals surface area (Å²) >= 11 is 0. The zero-order chi connectivity index (χ0) is 15.4. The Labute approximate surface area is 126 Å². The summed E-state index contributed by atoms with van der Waals surface area (Å²) in [4.78, 5) is 0. The molecule has 0 aromatic rings. The van der Waals surface area contributed by atoms with E-state index in [0.717, 1.165) is 19.3 Å². The quantitative estimate of drug-likeness (QED) is 0.773. The van der Waals surface area contributed by atoms with Crippen LogP contribution in [0.15, 0.2) is 0 Å². The van der Waals surface area contributed by atoms with Crippen LogP contribution in [-0.2, 0) is 14.2 Å². The first-order chi connectivity index (χ1) is 9.79. The lowest BCUT2D eigenvalue weighted by Crippen LogP contribution is -2.66. The van der Waals surface area contributed by atoms with E-state index in [1.54, 1.807) is 14.0 Å². The van der Waals surface area contributed by atoms with Gasteiger partial charge in [0.05, 0.1) is 0 Å². The Balaban J connectivity index is 2.01. The smallest absolute Gasteiger partial charge is 0.193 e. The van der Waals surface area contributed by atoms with Gasteiger partial charge in [0, 0.05) is 25.4 Å². The molecule has 2 saturated heterocycles. The number of ether oxygens (including phenoxy) is 3. The van der Waals surface area contributed by atoms with Crippen molar-refractivity contribution in [2.24, 2.45) is 23.7 Å². The lowest BCUT2D eigenvalue weighted by molar-refractivity contribution is -0.405. The Morgan fingerprint density at radius 2 is 1.81 bits per heavy atom. The molecule has 3 fully saturated rings. The van der Waals surface area contributed by atoms with Crippen molar-refractivity contribution < 1.29 is 24.4 Å². The highest BCUT2D eigenvalue weighted by molar-refractivity contribution is 5.06. The molecule has 0 spiro atoms. The van der Waals surface area contributed by atoms with Crippen LogP contribution < -0.4 is 0 Å². The van der Waals surface area contributed by atoms with E-state index in [4.69, 9.17) is 14.2 Å². The molecule has 4 unspecified atom stereocenters. The average molecular weight is 300 g/mol. The second-order valence-electron chi connectivity index (χ2n) is 7.42. The van der Waals surface area contributed by atoms with Crippen LogP contribution in [0.1, 0.15) is 46.5 Å². The first-order valence-electron chi connectivity index (χ1n) is 8.10. The minimum atomic E-state index is -1.26. The van der Waals surface area contributed by atoms with Gasteiger partial charge in [-0.05, 0) is 38.0 Å². The molecule has 0 bridgehead atoms. The fraction of sp³-hybridized carbons (Fsp3) is 1.00. The molecule has 0 amide bonds. The van der Waals surface area contributed by atoms with Crippen molar-refractivity contribution in [1.29, 1.82) is 0 Å².